The minimum Gasteiger partial charge on any atom is -0.468 e. The van der Waals surface area contributed by atoms with Gasteiger partial charge in [0, 0.05) is 20.6 Å². The van der Waals surface area contributed by atoms with E-state index in [0.717, 1.165) is 12.0 Å². The third-order valence-corrected chi connectivity index (χ3v) is 2.62. The van der Waals surface area contributed by atoms with Gasteiger partial charge in [0.25, 0.3) is 0 Å². The number of carbonyl (C=O) groups is 1. The van der Waals surface area contributed by atoms with Crippen LogP contribution in [0.5, 0.6) is 0 Å². The maximum atomic E-state index is 12.4. The molecule has 0 aliphatic heterocycles. The number of rotatable bonds is 6. The fourth-order valence-corrected chi connectivity index (χ4v) is 1.53. The molecule has 7 nitrogen and oxygen atoms in total. The Hall–Kier alpha value is -2.13. The van der Waals surface area contributed by atoms with Gasteiger partial charge < -0.3 is 14.5 Å². The number of ether oxygens (including phenoxy) is 1. The first-order valence-electron chi connectivity index (χ1n) is 6.41. The lowest BCUT2D eigenvalue weighted by Crippen LogP contribution is -2.35. The number of nitrogens with zero attached hydrogens (tertiary/aromatic N) is 5. The number of hydrogen-bond donors (Lipinski definition) is 0. The number of halogens is 3. The van der Waals surface area contributed by atoms with Crippen molar-refractivity contribution in [1.82, 2.24) is 15.0 Å². The molecule has 0 aromatic carbocycles. The number of hydrogen-bond acceptors (Lipinski definition) is 7. The molecule has 0 atom stereocenters. The summed E-state index contributed by atoms with van der Waals surface area (Å²) in [5.74, 6) is -0.0301. The van der Waals surface area contributed by atoms with Gasteiger partial charge in [0.1, 0.15) is 12.4 Å². The van der Waals surface area contributed by atoms with Crippen molar-refractivity contribution in [3.8, 4) is 0 Å². The fraction of sp³-hybridized carbons (Fsp3) is 0.667. The molecule has 1 rings (SSSR count). The van der Waals surface area contributed by atoms with E-state index in [9.17, 15) is 18.0 Å². The lowest BCUT2D eigenvalue weighted by Gasteiger charge is -2.23. The van der Waals surface area contributed by atoms with Crippen LogP contribution in [0, 0.1) is 6.92 Å². The van der Waals surface area contributed by atoms with Crippen LogP contribution in [0.15, 0.2) is 0 Å². The predicted molar refractivity (Wildman–Crippen MR) is 73.8 cm³/mol. The molecule has 0 unspecified atom stereocenters. The van der Waals surface area contributed by atoms with Crippen LogP contribution < -0.4 is 9.80 Å². The van der Waals surface area contributed by atoms with Crippen LogP contribution in [0.2, 0.25) is 0 Å². The van der Waals surface area contributed by atoms with Crippen molar-refractivity contribution in [1.29, 1.82) is 0 Å². The quantitative estimate of drug-likeness (QED) is 0.729. The van der Waals surface area contributed by atoms with Crippen molar-refractivity contribution < 1.29 is 22.7 Å². The maximum absolute atomic E-state index is 12.4. The number of carbonyl (C=O) groups excluding carboxylic acids is 1. The van der Waals surface area contributed by atoms with Crippen molar-refractivity contribution in [2.24, 2.45) is 0 Å². The van der Waals surface area contributed by atoms with Crippen LogP contribution in [0.3, 0.4) is 0 Å². The van der Waals surface area contributed by atoms with Crippen LogP contribution in [-0.2, 0) is 9.53 Å². The zero-order valence-corrected chi connectivity index (χ0v) is 12.8. The zero-order valence-electron chi connectivity index (χ0n) is 12.8. The molecule has 0 saturated carbocycles. The first-order valence-corrected chi connectivity index (χ1v) is 6.41. The molecule has 1 heterocycles. The van der Waals surface area contributed by atoms with E-state index in [1.54, 1.807) is 25.9 Å². The van der Waals surface area contributed by atoms with Gasteiger partial charge in [-0.05, 0) is 6.92 Å². The molecule has 0 radical (unpaired) electrons. The minimum atomic E-state index is -4.35. The molecule has 22 heavy (non-hydrogen) atoms. The van der Waals surface area contributed by atoms with Crippen molar-refractivity contribution >= 4 is 17.9 Å². The second-order valence-corrected chi connectivity index (χ2v) is 4.74. The van der Waals surface area contributed by atoms with Gasteiger partial charge in [-0.1, -0.05) is 0 Å². The van der Waals surface area contributed by atoms with E-state index in [-0.39, 0.29) is 12.5 Å². The van der Waals surface area contributed by atoms with E-state index in [1.165, 1.54) is 0 Å². The summed E-state index contributed by atoms with van der Waals surface area (Å²) in [6, 6.07) is 0. The molecule has 0 bridgehead atoms. The smallest absolute Gasteiger partial charge is 0.390 e. The zero-order chi connectivity index (χ0) is 16.9. The van der Waals surface area contributed by atoms with Gasteiger partial charge in [0.2, 0.25) is 11.9 Å². The molecule has 10 heteroatoms. The summed E-state index contributed by atoms with van der Waals surface area (Å²) < 4.78 is 41.8. The normalized spacial score (nSPS) is 11.2. The Morgan fingerprint density at radius 2 is 1.77 bits per heavy atom. The highest BCUT2D eigenvalue weighted by atomic mass is 19.4. The van der Waals surface area contributed by atoms with Gasteiger partial charge >= 0.3 is 12.1 Å². The monoisotopic (exact) mass is 321 g/mol. The molecule has 0 spiro atoms. The second kappa shape index (κ2) is 7.23. The molecule has 1 aromatic rings. The number of alkyl halides is 3. The maximum Gasteiger partial charge on any atom is 0.390 e. The fourth-order valence-electron chi connectivity index (χ4n) is 1.53. The Balaban J connectivity index is 3.06. The van der Waals surface area contributed by atoms with Crippen molar-refractivity contribution in [2.45, 2.75) is 19.5 Å². The first kappa shape index (κ1) is 17.9. The SMILES string of the molecule is COC(=O)CN(CCC(F)(F)F)c1nc(C)nc(N(C)C)n1. The highest BCUT2D eigenvalue weighted by molar-refractivity contribution is 5.74. The molecule has 124 valence electrons. The van der Waals surface area contributed by atoms with Crippen LogP contribution in [0.4, 0.5) is 25.1 Å². The Labute approximate surface area is 126 Å². The summed E-state index contributed by atoms with van der Waals surface area (Å²) in [5, 5.41) is 0. The van der Waals surface area contributed by atoms with Gasteiger partial charge in [-0.2, -0.15) is 28.1 Å². The highest BCUT2D eigenvalue weighted by Gasteiger charge is 2.29. The lowest BCUT2D eigenvalue weighted by molar-refractivity contribution is -0.140. The van der Waals surface area contributed by atoms with E-state index >= 15 is 0 Å². The molecule has 0 N–H and O–H groups in total. The summed E-state index contributed by atoms with van der Waals surface area (Å²) in [6.07, 6.45) is -5.44. The van der Waals surface area contributed by atoms with Crippen molar-refractivity contribution in [2.75, 3.05) is 44.1 Å². The molecular weight excluding hydrogens is 303 g/mol. The molecule has 0 fully saturated rings. The topological polar surface area (TPSA) is 71.5 Å². The first-order chi connectivity index (χ1) is 10.1. The minimum absolute atomic E-state index is 0.00542. The molecular formula is C12H18F3N5O2. The highest BCUT2D eigenvalue weighted by Crippen LogP contribution is 2.21. The molecule has 0 amide bonds. The van der Waals surface area contributed by atoms with E-state index in [1.807, 2.05) is 0 Å². The van der Waals surface area contributed by atoms with E-state index in [2.05, 4.69) is 19.7 Å². The van der Waals surface area contributed by atoms with Gasteiger partial charge in [-0.15, -0.1) is 0 Å². The summed E-state index contributed by atoms with van der Waals surface area (Å²) in [7, 11) is 4.55. The standard InChI is InChI=1S/C12H18F3N5O2/c1-8-16-10(19(2)3)18-11(17-8)20(7-9(21)22-4)6-5-12(13,14)15/h5-7H2,1-4H3. The van der Waals surface area contributed by atoms with E-state index in [4.69, 9.17) is 0 Å². The van der Waals surface area contributed by atoms with Crippen LogP contribution in [0.25, 0.3) is 0 Å². The summed E-state index contributed by atoms with van der Waals surface area (Å²) in [4.78, 5) is 26.3. The number of esters is 1. The lowest BCUT2D eigenvalue weighted by atomic mass is 10.3. The van der Waals surface area contributed by atoms with Gasteiger partial charge in [-0.25, -0.2) is 0 Å². The average Bonchev–Trinajstić information content (AvgIpc) is 2.41. The number of aromatic nitrogens is 3. The van der Waals surface area contributed by atoms with E-state index in [0.29, 0.717) is 11.8 Å². The van der Waals surface area contributed by atoms with Gasteiger partial charge in [0.15, 0.2) is 0 Å². The van der Waals surface area contributed by atoms with Crippen molar-refractivity contribution in [3.05, 3.63) is 5.82 Å². The Kier molecular flexibility index (Phi) is 5.89. The number of anilines is 2. The number of methoxy groups -OCH3 is 1. The predicted octanol–water partition coefficient (Wildman–Crippen LogP) is 1.18. The van der Waals surface area contributed by atoms with Crippen LogP contribution in [0.1, 0.15) is 12.2 Å². The molecule has 1 aromatic heterocycles. The second-order valence-electron chi connectivity index (χ2n) is 4.74. The van der Waals surface area contributed by atoms with E-state index < -0.39 is 25.1 Å². The van der Waals surface area contributed by atoms with Crippen LogP contribution >= 0.6 is 0 Å². The third kappa shape index (κ3) is 5.70. The average molecular weight is 321 g/mol. The molecule has 0 saturated heterocycles. The summed E-state index contributed by atoms with van der Waals surface area (Å²) in [5.41, 5.74) is 0. The molecule has 0 aliphatic rings. The summed E-state index contributed by atoms with van der Waals surface area (Å²) in [6.45, 7) is 0.774. The summed E-state index contributed by atoms with van der Waals surface area (Å²) >= 11 is 0. The molecule has 0 aliphatic carbocycles. The van der Waals surface area contributed by atoms with Crippen LogP contribution in [-0.4, -0.2) is 61.4 Å². The Morgan fingerprint density at radius 3 is 2.27 bits per heavy atom. The number of aryl methyl sites for hydroxylation is 1. The van der Waals surface area contributed by atoms with Crippen molar-refractivity contribution in [3.63, 3.8) is 0 Å². The van der Waals surface area contributed by atoms with Gasteiger partial charge in [0.05, 0.1) is 13.5 Å². The Bertz CT molecular complexity index is 522. The van der Waals surface area contributed by atoms with Gasteiger partial charge in [-0.3, -0.25) is 4.79 Å². The third-order valence-electron chi connectivity index (χ3n) is 2.62. The largest absolute Gasteiger partial charge is 0.468 e. The Morgan fingerprint density at radius 1 is 1.18 bits per heavy atom.